The highest BCUT2D eigenvalue weighted by molar-refractivity contribution is 5.18. The van der Waals surface area contributed by atoms with Gasteiger partial charge in [-0.3, -0.25) is 0 Å². The van der Waals surface area contributed by atoms with Gasteiger partial charge in [0.25, 0.3) is 0 Å². The zero-order valence-corrected chi connectivity index (χ0v) is 28.9. The molecule has 7 N–H and O–H groups in total. The third-order valence-corrected chi connectivity index (χ3v) is 13.5. The molecule has 6 heteroatoms. The topological polar surface area (TPSA) is 103 Å². The van der Waals surface area contributed by atoms with Crippen molar-refractivity contribution in [3.63, 3.8) is 0 Å². The van der Waals surface area contributed by atoms with E-state index in [2.05, 4.69) is 50.6 Å². The Hall–Kier alpha value is -0.240. The van der Waals surface area contributed by atoms with E-state index in [-0.39, 0.29) is 17.6 Å². The van der Waals surface area contributed by atoms with Crippen molar-refractivity contribution in [3.8, 4) is 0 Å². The molecule has 0 aliphatic heterocycles. The fraction of sp³-hybridized carbons (Fsp3) is 1.00. The van der Waals surface area contributed by atoms with Gasteiger partial charge in [-0.1, -0.05) is 53.9 Å². The van der Waals surface area contributed by atoms with Gasteiger partial charge in [-0.15, -0.1) is 0 Å². The second-order valence-corrected chi connectivity index (χ2v) is 16.6. The summed E-state index contributed by atoms with van der Waals surface area (Å²) in [6.07, 6.45) is 17.1. The van der Waals surface area contributed by atoms with Crippen LogP contribution < -0.4 is 21.7 Å². The zero-order valence-electron chi connectivity index (χ0n) is 28.9. The van der Waals surface area contributed by atoms with Crippen molar-refractivity contribution in [2.24, 2.45) is 52.1 Å². The van der Waals surface area contributed by atoms with Gasteiger partial charge in [0.15, 0.2) is 0 Å². The molecule has 43 heavy (non-hydrogen) atoms. The average Bonchev–Trinajstić information content (AvgIpc) is 3.32. The predicted octanol–water partition coefficient (Wildman–Crippen LogP) is 5.85. The summed E-state index contributed by atoms with van der Waals surface area (Å²) in [6.45, 7) is 18.3. The van der Waals surface area contributed by atoms with Crippen molar-refractivity contribution in [3.05, 3.63) is 0 Å². The first kappa shape index (κ1) is 35.6. The van der Waals surface area contributed by atoms with Crippen LogP contribution in [0, 0.1) is 46.3 Å². The Bertz CT molecular complexity index is 826. The van der Waals surface area contributed by atoms with E-state index >= 15 is 0 Å². The first-order valence-corrected chi connectivity index (χ1v) is 18.8. The molecule has 0 aromatic carbocycles. The summed E-state index contributed by atoms with van der Waals surface area (Å²) >= 11 is 0. The Labute approximate surface area is 265 Å². The molecule has 4 aliphatic rings. The summed E-state index contributed by atoms with van der Waals surface area (Å²) in [6, 6.07) is 0.0816. The number of hydrogen-bond donors (Lipinski definition) is 6. The molecule has 6 nitrogen and oxygen atoms in total. The van der Waals surface area contributed by atoms with Crippen LogP contribution in [-0.4, -0.2) is 67.2 Å². The van der Waals surface area contributed by atoms with Gasteiger partial charge in [0, 0.05) is 17.9 Å². The summed E-state index contributed by atoms with van der Waals surface area (Å²) in [7, 11) is 0. The summed E-state index contributed by atoms with van der Waals surface area (Å²) in [5.74, 6) is 4.55. The number of nitrogens with one attached hydrogen (secondary N) is 3. The van der Waals surface area contributed by atoms with Crippen LogP contribution in [0.15, 0.2) is 0 Å². The Morgan fingerprint density at radius 1 is 0.791 bits per heavy atom. The van der Waals surface area contributed by atoms with E-state index in [0.29, 0.717) is 23.7 Å². The molecular formula is C37H72N4O2. The monoisotopic (exact) mass is 605 g/mol. The van der Waals surface area contributed by atoms with E-state index in [1.54, 1.807) is 0 Å². The molecular weight excluding hydrogens is 532 g/mol. The normalized spacial score (nSPS) is 39.8. The summed E-state index contributed by atoms with van der Waals surface area (Å²) < 4.78 is 0. The highest BCUT2D eigenvalue weighted by Crippen LogP contribution is 2.69. The maximum atomic E-state index is 12.5. The lowest BCUT2D eigenvalue weighted by molar-refractivity contribution is -0.234. The van der Waals surface area contributed by atoms with Crippen molar-refractivity contribution in [2.75, 3.05) is 39.3 Å². The molecule has 0 aromatic heterocycles. The quantitative estimate of drug-likeness (QED) is 0.110. The fourth-order valence-electron chi connectivity index (χ4n) is 11.0. The Morgan fingerprint density at radius 3 is 2.19 bits per heavy atom. The van der Waals surface area contributed by atoms with Gasteiger partial charge >= 0.3 is 0 Å². The summed E-state index contributed by atoms with van der Waals surface area (Å²) in [5, 5.41) is 34.3. The molecule has 0 aromatic rings. The van der Waals surface area contributed by atoms with E-state index in [9.17, 15) is 10.2 Å². The van der Waals surface area contributed by atoms with Crippen molar-refractivity contribution in [1.29, 1.82) is 0 Å². The lowest BCUT2D eigenvalue weighted by Gasteiger charge is -2.66. The van der Waals surface area contributed by atoms with Gasteiger partial charge in [-0.2, -0.15) is 0 Å². The molecule has 4 rings (SSSR count). The minimum Gasteiger partial charge on any atom is -0.393 e. The van der Waals surface area contributed by atoms with E-state index in [4.69, 9.17) is 5.73 Å². The van der Waals surface area contributed by atoms with Crippen molar-refractivity contribution in [2.45, 2.75) is 149 Å². The highest BCUT2D eigenvalue weighted by atomic mass is 16.3. The van der Waals surface area contributed by atoms with Gasteiger partial charge in [-0.25, -0.2) is 0 Å². The number of aliphatic hydroxyl groups is 2. The van der Waals surface area contributed by atoms with Crippen molar-refractivity contribution < 1.29 is 10.2 Å². The van der Waals surface area contributed by atoms with E-state index in [1.165, 1.54) is 57.8 Å². The molecule has 0 radical (unpaired) electrons. The van der Waals surface area contributed by atoms with E-state index in [0.717, 1.165) is 95.0 Å². The maximum absolute atomic E-state index is 12.5. The van der Waals surface area contributed by atoms with Crippen LogP contribution in [0.3, 0.4) is 0 Å². The molecule has 0 unspecified atom stereocenters. The summed E-state index contributed by atoms with van der Waals surface area (Å²) in [5.41, 5.74) is 5.09. The van der Waals surface area contributed by atoms with Crippen LogP contribution in [0.4, 0.5) is 0 Å². The first-order chi connectivity index (χ1) is 20.6. The number of fused-ring (bicyclic) bond motifs is 5. The molecule has 10 atom stereocenters. The van der Waals surface area contributed by atoms with Crippen LogP contribution in [-0.2, 0) is 0 Å². The van der Waals surface area contributed by atoms with E-state index < -0.39 is 5.60 Å². The average molecular weight is 605 g/mol. The SMILES string of the molecule is CC(C)CCC[C@@H](C)[C@H]1CC[C@H]2[C@@H]3C[C@@H](NCCCNCCCCNCCCN)[C@@]4(O)C[C@@H](O)CC[C@]4(C)[C@H]3CC[C@]12C. The van der Waals surface area contributed by atoms with Crippen LogP contribution in [0.1, 0.15) is 131 Å². The van der Waals surface area contributed by atoms with Gasteiger partial charge in [-0.05, 0) is 151 Å². The lowest BCUT2D eigenvalue weighted by atomic mass is 9.42. The molecule has 0 heterocycles. The lowest BCUT2D eigenvalue weighted by Crippen LogP contribution is -2.71. The Morgan fingerprint density at radius 2 is 1.49 bits per heavy atom. The molecule has 4 saturated carbocycles. The minimum absolute atomic E-state index is 0.0816. The van der Waals surface area contributed by atoms with Crippen LogP contribution in [0.2, 0.25) is 0 Å². The number of hydrogen-bond acceptors (Lipinski definition) is 6. The molecule has 0 bridgehead atoms. The summed E-state index contributed by atoms with van der Waals surface area (Å²) in [4.78, 5) is 0. The molecule has 252 valence electrons. The second-order valence-electron chi connectivity index (χ2n) is 16.6. The van der Waals surface area contributed by atoms with Gasteiger partial charge in [0.2, 0.25) is 0 Å². The predicted molar refractivity (Wildman–Crippen MR) is 181 cm³/mol. The number of rotatable bonds is 18. The minimum atomic E-state index is -0.813. The largest absolute Gasteiger partial charge is 0.393 e. The van der Waals surface area contributed by atoms with Crippen LogP contribution >= 0.6 is 0 Å². The van der Waals surface area contributed by atoms with Crippen molar-refractivity contribution in [1.82, 2.24) is 16.0 Å². The number of aliphatic hydroxyl groups excluding tert-OH is 1. The third-order valence-electron chi connectivity index (χ3n) is 13.5. The second kappa shape index (κ2) is 16.0. The van der Waals surface area contributed by atoms with Gasteiger partial charge < -0.3 is 31.9 Å². The van der Waals surface area contributed by atoms with E-state index in [1.807, 2.05) is 0 Å². The molecule has 4 aliphatic carbocycles. The molecule has 0 amide bonds. The van der Waals surface area contributed by atoms with Gasteiger partial charge in [0.1, 0.15) is 0 Å². The number of nitrogens with two attached hydrogens (primary N) is 1. The standard InChI is InChI=1S/C37H72N4O2/c1-27(2)11-8-12-28(3)31-13-14-32-30-25-34(41-24-10-23-40-21-7-6-20-39-22-9-19-38)37(43)26-29(42)15-18-36(37,5)33(30)16-17-35(31,32)4/h27-34,39-43H,6-26,38H2,1-5H3/t28-,29+,30+,31-,32+,33+,34-,35-,36-,37+/m1/s1. The Kier molecular flexibility index (Phi) is 13.3. The smallest absolute Gasteiger partial charge is 0.0880 e. The van der Waals surface area contributed by atoms with Gasteiger partial charge in [0.05, 0.1) is 11.7 Å². The maximum Gasteiger partial charge on any atom is 0.0880 e. The molecule has 4 fully saturated rings. The van der Waals surface area contributed by atoms with Crippen LogP contribution in [0.25, 0.3) is 0 Å². The highest BCUT2D eigenvalue weighted by Gasteiger charge is 2.67. The molecule has 0 spiro atoms. The zero-order chi connectivity index (χ0) is 31.1. The third kappa shape index (κ3) is 8.01. The Balaban J connectivity index is 1.34. The van der Waals surface area contributed by atoms with Crippen LogP contribution in [0.5, 0.6) is 0 Å². The fourth-order valence-corrected chi connectivity index (χ4v) is 11.0. The molecule has 0 saturated heterocycles. The van der Waals surface area contributed by atoms with Crippen molar-refractivity contribution >= 4 is 0 Å². The number of unbranched alkanes of at least 4 members (excludes halogenated alkanes) is 1. The first-order valence-electron chi connectivity index (χ1n) is 18.8.